The molecule has 8 aromatic carbocycles. The van der Waals surface area contributed by atoms with Gasteiger partial charge in [0.05, 0.1) is 59.0 Å². The van der Waals surface area contributed by atoms with Crippen molar-refractivity contribution >= 4 is 83.1 Å². The van der Waals surface area contributed by atoms with Crippen LogP contribution in [0, 0.1) is 61.7 Å². The second-order valence-corrected chi connectivity index (χ2v) is 25.0. The molecule has 0 aliphatic heterocycles. The number of hydrogen-bond donors (Lipinski definition) is 2. The van der Waals surface area contributed by atoms with Crippen molar-refractivity contribution in [2.75, 3.05) is 0 Å². The quantitative estimate of drug-likeness (QED) is 0.0397. The average molecular weight is 1490 g/mol. The maximum Gasteiger partial charge on any atom is 0.153 e. The number of nitrogens with zero attached hydrogens (tertiary/aromatic N) is 6. The molecule has 0 bridgehead atoms. The summed E-state index contributed by atoms with van der Waals surface area (Å²) in [4.78, 5) is 57.6. The Hall–Kier alpha value is -11.8. The van der Waals surface area contributed by atoms with Gasteiger partial charge in [0.25, 0.3) is 0 Å². The molecule has 522 valence electrons. The summed E-state index contributed by atoms with van der Waals surface area (Å²) in [5.74, 6) is 1.82. The Balaban J connectivity index is 0.000000224. The molecule has 23 heteroatoms. The van der Waals surface area contributed by atoms with Crippen LogP contribution >= 0.6 is 58.0 Å². The first-order chi connectivity index (χ1) is 50.3. The van der Waals surface area contributed by atoms with Gasteiger partial charge >= 0.3 is 0 Å². The van der Waals surface area contributed by atoms with Crippen molar-refractivity contribution < 1.29 is 57.8 Å². The number of aromatic nitrogens is 3. The summed E-state index contributed by atoms with van der Waals surface area (Å²) in [7, 11) is 0. The summed E-state index contributed by atoms with van der Waals surface area (Å²) < 4.78 is 36.0. The van der Waals surface area contributed by atoms with Crippen molar-refractivity contribution in [3.63, 3.8) is 0 Å². The van der Waals surface area contributed by atoms with Crippen molar-refractivity contribution in [2.45, 2.75) is 73.2 Å². The van der Waals surface area contributed by atoms with Crippen LogP contribution in [-0.2, 0) is 45.5 Å². The lowest BCUT2D eigenvalue weighted by atomic mass is 9.92. The number of phenols is 2. The normalized spacial score (nSPS) is 10.4. The van der Waals surface area contributed by atoms with Crippen LogP contribution in [0.25, 0.3) is 22.3 Å². The Morgan fingerprint density at radius 3 is 0.913 bits per heavy atom. The molecule has 3 aromatic heterocycles. The highest BCUT2D eigenvalue weighted by atomic mass is 35.5. The fourth-order valence-corrected chi connectivity index (χ4v) is 11.7. The Bertz CT molecular complexity index is 4880. The molecule has 104 heavy (non-hydrogen) atoms. The number of carbonyl (C=O) groups is 4. The van der Waals surface area contributed by atoms with Gasteiger partial charge in [-0.05, 0) is 142 Å². The predicted molar refractivity (Wildman–Crippen MR) is 396 cm³/mol. The van der Waals surface area contributed by atoms with Crippen LogP contribution in [0.4, 0.5) is 0 Å². The van der Waals surface area contributed by atoms with Crippen LogP contribution in [-0.4, -0.2) is 50.3 Å². The minimum atomic E-state index is -0.198. The molecular formula is C81H61Cl5N6O12. The number of ether oxygens (including phenoxy) is 6. The largest absolute Gasteiger partial charge is 0.507 e. The molecule has 0 saturated carbocycles. The van der Waals surface area contributed by atoms with Gasteiger partial charge in [-0.3, -0.25) is 34.1 Å². The van der Waals surface area contributed by atoms with E-state index < -0.39 is 0 Å². The van der Waals surface area contributed by atoms with Crippen LogP contribution < -0.4 is 28.4 Å². The summed E-state index contributed by atoms with van der Waals surface area (Å²) in [5, 5.41) is 47.7. The van der Waals surface area contributed by atoms with E-state index in [-0.39, 0.29) is 116 Å². The number of benzene rings is 8. The standard InChI is InChI=1S/C44H32Cl2N4O6.C30H24Cl2O6.C7H5ClN2/c1-27-33(25-55-43-13-41(35(21-51)11-39(43)45)53-23-31-9-29(15-47)17-49-19-31)5-3-7-37(27)38-8-4-6-34(28(38)2)26-56-44-14-42(36(22-52)12-40(44)46)54-24-32-10-30(16-48)18-50-20-32;1-17-19(15-37-29-11-27(35)21(13-33)9-25(29)31)5-3-7-23(17)24-8-4-6-20(18(24)2)16-38-30-12-28(36)22(14-34)10-26(30)32;8-2-6-1-7(3-9)5-10-4-6/h3-14,17-22H,23-26H2,1-2H3;3-14,35-36H,15-16H2,1-2H3;1,4-5H,2H2. The third-order valence-corrected chi connectivity index (χ3v) is 17.9. The van der Waals surface area contributed by atoms with Crippen LogP contribution in [0.3, 0.4) is 0 Å². The van der Waals surface area contributed by atoms with E-state index in [0.29, 0.717) is 70.3 Å². The van der Waals surface area contributed by atoms with Gasteiger partial charge in [-0.25, -0.2) is 0 Å². The number of aromatic hydroxyl groups is 2. The zero-order valence-electron chi connectivity index (χ0n) is 56.1. The number of rotatable bonds is 25. The second kappa shape index (κ2) is 36.7. The van der Waals surface area contributed by atoms with Gasteiger partial charge in [-0.2, -0.15) is 15.8 Å². The van der Waals surface area contributed by atoms with E-state index in [1.54, 1.807) is 48.9 Å². The van der Waals surface area contributed by atoms with Gasteiger partial charge in [-0.15, -0.1) is 11.6 Å². The molecule has 0 radical (unpaired) electrons. The van der Waals surface area contributed by atoms with Gasteiger partial charge in [0, 0.05) is 78.5 Å². The molecule has 18 nitrogen and oxygen atoms in total. The highest BCUT2D eigenvalue weighted by molar-refractivity contribution is 6.33. The Morgan fingerprint density at radius 1 is 0.356 bits per heavy atom. The number of nitriles is 3. The maximum atomic E-state index is 11.8. The average Bonchev–Trinajstić information content (AvgIpc) is 0.802. The highest BCUT2D eigenvalue weighted by Gasteiger charge is 2.20. The maximum absolute atomic E-state index is 11.8. The van der Waals surface area contributed by atoms with Gasteiger partial charge in [0.1, 0.15) is 104 Å². The van der Waals surface area contributed by atoms with Gasteiger partial charge < -0.3 is 38.6 Å². The summed E-state index contributed by atoms with van der Waals surface area (Å²) in [5.41, 5.74) is 16.0. The number of aldehydes is 4. The number of carbonyl (C=O) groups excluding carboxylic acids is 4. The lowest BCUT2D eigenvalue weighted by Crippen LogP contribution is -2.04. The van der Waals surface area contributed by atoms with E-state index in [4.69, 9.17) is 91.7 Å². The number of alkyl halides is 1. The van der Waals surface area contributed by atoms with Crippen molar-refractivity contribution in [3.8, 4) is 86.5 Å². The first-order valence-corrected chi connectivity index (χ1v) is 33.6. The monoisotopic (exact) mass is 1480 g/mol. The van der Waals surface area contributed by atoms with Crippen molar-refractivity contribution in [2.24, 2.45) is 0 Å². The fraction of sp³-hybridized carbons (Fsp3) is 0.136. The number of halogens is 5. The van der Waals surface area contributed by atoms with E-state index in [0.717, 1.165) is 72.3 Å². The number of phenolic OH excluding ortho intramolecular Hbond substituents is 2. The van der Waals surface area contributed by atoms with Gasteiger partial charge in [0.15, 0.2) is 25.1 Å². The zero-order valence-corrected chi connectivity index (χ0v) is 59.8. The molecule has 0 unspecified atom stereocenters. The molecule has 2 N–H and O–H groups in total. The van der Waals surface area contributed by atoms with E-state index in [2.05, 4.69) is 15.0 Å². The Morgan fingerprint density at radius 2 is 0.625 bits per heavy atom. The van der Waals surface area contributed by atoms with E-state index >= 15 is 0 Å². The minimum absolute atomic E-state index is 0.0858. The summed E-state index contributed by atoms with van der Waals surface area (Å²) in [6.45, 7) is 9.02. The molecule has 3 heterocycles. The van der Waals surface area contributed by atoms with E-state index in [9.17, 15) is 39.9 Å². The number of pyridine rings is 3. The van der Waals surface area contributed by atoms with Crippen molar-refractivity contribution in [1.29, 1.82) is 15.8 Å². The third kappa shape index (κ3) is 19.4. The van der Waals surface area contributed by atoms with Crippen molar-refractivity contribution in [1.82, 2.24) is 15.0 Å². The molecule has 0 atom stereocenters. The molecule has 11 aromatic rings. The topological polar surface area (TPSA) is 274 Å². The molecular weight excluding hydrogens is 1430 g/mol. The lowest BCUT2D eigenvalue weighted by Gasteiger charge is -2.18. The third-order valence-electron chi connectivity index (χ3n) is 16.4. The van der Waals surface area contributed by atoms with Gasteiger partial charge in [0.2, 0.25) is 0 Å². The number of hydrogen-bond acceptors (Lipinski definition) is 18. The molecule has 0 saturated heterocycles. The molecule has 0 fully saturated rings. The van der Waals surface area contributed by atoms with Crippen LogP contribution in [0.1, 0.15) is 119 Å². The Labute approximate surface area is 624 Å². The minimum Gasteiger partial charge on any atom is -0.507 e. The van der Waals surface area contributed by atoms with Crippen LogP contribution in [0.15, 0.2) is 177 Å². The predicted octanol–water partition coefficient (Wildman–Crippen LogP) is 18.9. The molecule has 0 aliphatic carbocycles. The molecule has 0 aliphatic rings. The molecule has 11 rings (SSSR count). The first-order valence-electron chi connectivity index (χ1n) is 31.5. The van der Waals surface area contributed by atoms with E-state index in [1.165, 1.54) is 55.0 Å². The molecule has 0 spiro atoms. The van der Waals surface area contributed by atoms with Crippen molar-refractivity contribution in [3.05, 3.63) is 297 Å². The van der Waals surface area contributed by atoms with Crippen LogP contribution in [0.2, 0.25) is 20.1 Å². The summed E-state index contributed by atoms with van der Waals surface area (Å²) in [6.07, 6.45) is 11.6. The van der Waals surface area contributed by atoms with Gasteiger partial charge in [-0.1, -0.05) is 119 Å². The Kier molecular flexibility index (Phi) is 27.0. The summed E-state index contributed by atoms with van der Waals surface area (Å²) >= 11 is 31.0. The SMILES string of the molecule is Cc1c(COc2cc(O)c(C=O)cc2Cl)cccc1-c1cccc(COc2cc(O)c(C=O)cc2Cl)c1C.Cc1c(COc2cc(OCc3cncc(C#N)c3)c(C=O)cc2Cl)cccc1-c1cccc(COc2cc(OCc3cncc(C#N)c3)c(C=O)cc2Cl)c1C.N#Cc1cncc(CCl)c1. The molecule has 0 amide bonds. The van der Waals surface area contributed by atoms with Crippen LogP contribution in [0.5, 0.6) is 46.0 Å². The second-order valence-electron chi connectivity index (χ2n) is 23.1. The highest BCUT2D eigenvalue weighted by Crippen LogP contribution is 2.40. The smallest absolute Gasteiger partial charge is 0.153 e. The van der Waals surface area contributed by atoms with E-state index in [1.807, 2.05) is 119 Å². The summed E-state index contributed by atoms with van der Waals surface area (Å²) in [6, 6.07) is 46.5. The lowest BCUT2D eigenvalue weighted by molar-refractivity contribution is 0.111. The fourth-order valence-electron chi connectivity index (χ4n) is 10.6. The zero-order chi connectivity index (χ0) is 74.4. The first kappa shape index (κ1) is 76.4.